The monoisotopic (exact) mass is 274 g/mol. The molecule has 1 aliphatic heterocycles. The Morgan fingerprint density at radius 3 is 2.83 bits per heavy atom. The van der Waals surface area contributed by atoms with Crippen molar-refractivity contribution in [2.75, 3.05) is 6.61 Å². The van der Waals surface area contributed by atoms with Crippen molar-refractivity contribution in [2.24, 2.45) is 0 Å². The van der Waals surface area contributed by atoms with Gasteiger partial charge >= 0.3 is 5.69 Å². The van der Waals surface area contributed by atoms with E-state index >= 15 is 0 Å². The third-order valence-electron chi connectivity index (χ3n) is 3.04. The van der Waals surface area contributed by atoms with Crippen LogP contribution in [-0.2, 0) is 4.74 Å². The van der Waals surface area contributed by atoms with Gasteiger partial charge in [-0.3, -0.25) is 9.55 Å². The third kappa shape index (κ3) is 2.02. The van der Waals surface area contributed by atoms with E-state index in [2.05, 4.69) is 4.98 Å². The summed E-state index contributed by atoms with van der Waals surface area (Å²) in [6.07, 6.45) is -1.96. The molecule has 1 aliphatic rings. The van der Waals surface area contributed by atoms with Gasteiger partial charge in [0.15, 0.2) is 6.23 Å². The summed E-state index contributed by atoms with van der Waals surface area (Å²) in [6.45, 7) is 0.886. The van der Waals surface area contributed by atoms with E-state index in [4.69, 9.17) is 22.1 Å². The van der Waals surface area contributed by atoms with E-state index in [-0.39, 0.29) is 4.64 Å². The maximum Gasteiger partial charge on any atom is 0.328 e. The second-order valence-electron chi connectivity index (χ2n) is 4.40. The second-order valence-corrected chi connectivity index (χ2v) is 4.84. The number of aliphatic hydroxyl groups excluding tert-OH is 2. The summed E-state index contributed by atoms with van der Waals surface area (Å²) >= 11 is 4.80. The number of aromatic nitrogens is 2. The fourth-order valence-electron chi connectivity index (χ4n) is 2.00. The lowest BCUT2D eigenvalue weighted by molar-refractivity contribution is -0.0987. The number of hydrogen-bond acceptors (Lipinski definition) is 6. The first-order valence-corrected chi connectivity index (χ1v) is 5.77. The predicted octanol–water partition coefficient (Wildman–Crippen LogP) is -1.09. The van der Waals surface area contributed by atoms with Gasteiger partial charge in [0.25, 0.3) is 0 Å². The molecule has 8 heteroatoms. The molecule has 0 amide bonds. The molecule has 18 heavy (non-hydrogen) atoms. The zero-order valence-corrected chi connectivity index (χ0v) is 10.4. The zero-order valence-electron chi connectivity index (χ0n) is 9.61. The number of aromatic amines is 1. The average molecular weight is 274 g/mol. The summed E-state index contributed by atoms with van der Waals surface area (Å²) in [7, 11) is 0. The molecule has 7 nitrogen and oxygen atoms in total. The van der Waals surface area contributed by atoms with Gasteiger partial charge in [-0.25, -0.2) is 4.79 Å². The lowest BCUT2D eigenvalue weighted by Crippen LogP contribution is -2.46. The molecule has 0 spiro atoms. The quantitative estimate of drug-likeness (QED) is 0.510. The van der Waals surface area contributed by atoms with Crippen molar-refractivity contribution in [3.63, 3.8) is 0 Å². The highest BCUT2D eigenvalue weighted by Gasteiger charge is 2.53. The minimum absolute atomic E-state index is 0.258. The minimum Gasteiger partial charge on any atom is -0.394 e. The molecule has 2 rings (SSSR count). The summed E-state index contributed by atoms with van der Waals surface area (Å²) < 4.78 is 6.65. The Hall–Kier alpha value is -1.06. The van der Waals surface area contributed by atoms with Crippen molar-refractivity contribution in [2.45, 2.75) is 31.0 Å². The fourth-order valence-corrected chi connectivity index (χ4v) is 2.15. The van der Waals surface area contributed by atoms with E-state index in [0.717, 1.165) is 4.57 Å². The van der Waals surface area contributed by atoms with E-state index in [1.165, 1.54) is 19.2 Å². The Morgan fingerprint density at radius 2 is 2.33 bits per heavy atom. The van der Waals surface area contributed by atoms with Gasteiger partial charge in [-0.05, 0) is 13.0 Å². The van der Waals surface area contributed by atoms with Gasteiger partial charge < -0.3 is 20.1 Å². The number of nitrogens with one attached hydrogen (secondary N) is 1. The Kier molecular flexibility index (Phi) is 3.39. The third-order valence-corrected chi connectivity index (χ3v) is 3.28. The summed E-state index contributed by atoms with van der Waals surface area (Å²) in [5, 5.41) is 29.0. The minimum atomic E-state index is -1.69. The van der Waals surface area contributed by atoms with Crippen LogP contribution >= 0.6 is 12.2 Å². The lowest BCUT2D eigenvalue weighted by atomic mass is 9.96. The first-order chi connectivity index (χ1) is 8.37. The average Bonchev–Trinajstić information content (AvgIpc) is 2.52. The highest BCUT2D eigenvalue weighted by atomic mass is 32.1. The van der Waals surface area contributed by atoms with Crippen LogP contribution < -0.4 is 5.69 Å². The maximum absolute atomic E-state index is 11.7. The van der Waals surface area contributed by atoms with Crippen LogP contribution in [0.5, 0.6) is 0 Å². The molecule has 0 saturated carbocycles. The van der Waals surface area contributed by atoms with Crippen molar-refractivity contribution in [3.05, 3.63) is 27.4 Å². The molecule has 1 fully saturated rings. The van der Waals surface area contributed by atoms with Gasteiger partial charge in [0.1, 0.15) is 22.4 Å². The summed E-state index contributed by atoms with van der Waals surface area (Å²) in [4.78, 5) is 14.1. The first kappa shape index (κ1) is 13.4. The largest absolute Gasteiger partial charge is 0.394 e. The molecule has 1 aromatic rings. The number of H-pyrrole nitrogens is 1. The first-order valence-electron chi connectivity index (χ1n) is 5.36. The summed E-state index contributed by atoms with van der Waals surface area (Å²) in [5.41, 5.74) is -2.24. The van der Waals surface area contributed by atoms with Crippen LogP contribution in [0.2, 0.25) is 0 Å². The highest BCUT2D eigenvalue weighted by molar-refractivity contribution is 7.71. The van der Waals surface area contributed by atoms with Gasteiger partial charge in [-0.2, -0.15) is 0 Å². The number of nitrogens with zero attached hydrogens (tertiary/aromatic N) is 1. The van der Waals surface area contributed by atoms with E-state index in [1.807, 2.05) is 0 Å². The molecule has 0 bridgehead atoms. The molecule has 0 aromatic carbocycles. The Labute approximate surface area is 107 Å². The fraction of sp³-hybridized carbons (Fsp3) is 0.600. The van der Waals surface area contributed by atoms with Crippen LogP contribution in [0.25, 0.3) is 0 Å². The molecule has 0 aliphatic carbocycles. The topological polar surface area (TPSA) is 108 Å². The van der Waals surface area contributed by atoms with Crippen LogP contribution in [-0.4, -0.2) is 49.3 Å². The van der Waals surface area contributed by atoms with Gasteiger partial charge in [-0.1, -0.05) is 12.2 Å². The number of ether oxygens (including phenoxy) is 1. The van der Waals surface area contributed by atoms with Crippen molar-refractivity contribution in [1.29, 1.82) is 0 Å². The van der Waals surface area contributed by atoms with Crippen LogP contribution in [0, 0.1) is 4.64 Å². The van der Waals surface area contributed by atoms with Crippen LogP contribution in [0.3, 0.4) is 0 Å². The van der Waals surface area contributed by atoms with E-state index in [0.29, 0.717) is 0 Å². The van der Waals surface area contributed by atoms with E-state index in [9.17, 15) is 15.0 Å². The van der Waals surface area contributed by atoms with Crippen molar-refractivity contribution >= 4 is 12.2 Å². The van der Waals surface area contributed by atoms with E-state index < -0.39 is 36.3 Å². The SMILES string of the molecule is C[C@@]1(O)[C@H](O)[C@@H](CO)O[C@H]1n1ccc(=S)[nH]c1=O. The van der Waals surface area contributed by atoms with Crippen molar-refractivity contribution in [1.82, 2.24) is 9.55 Å². The predicted molar refractivity (Wildman–Crippen MR) is 63.5 cm³/mol. The maximum atomic E-state index is 11.7. The lowest BCUT2D eigenvalue weighted by Gasteiger charge is -2.27. The Bertz CT molecular complexity index is 552. The summed E-state index contributed by atoms with van der Waals surface area (Å²) in [6, 6.07) is 1.47. The van der Waals surface area contributed by atoms with Crippen molar-refractivity contribution < 1.29 is 20.1 Å². The molecule has 4 atom stereocenters. The van der Waals surface area contributed by atoms with Gasteiger partial charge in [-0.15, -0.1) is 0 Å². The van der Waals surface area contributed by atoms with Crippen LogP contribution in [0.15, 0.2) is 17.1 Å². The van der Waals surface area contributed by atoms with Crippen molar-refractivity contribution in [3.8, 4) is 0 Å². The van der Waals surface area contributed by atoms with Crippen LogP contribution in [0.1, 0.15) is 13.2 Å². The zero-order chi connectivity index (χ0) is 13.5. The van der Waals surface area contributed by atoms with Gasteiger partial charge in [0.2, 0.25) is 0 Å². The highest BCUT2D eigenvalue weighted by Crippen LogP contribution is 2.37. The molecule has 4 N–H and O–H groups in total. The number of aliphatic hydroxyl groups is 3. The number of hydrogen-bond donors (Lipinski definition) is 4. The molecule has 0 radical (unpaired) electrons. The second kappa shape index (κ2) is 4.56. The standard InChI is InChI=1S/C10H14N2O5S/c1-10(16)7(14)5(4-13)17-8(10)12-3-2-6(18)11-9(12)15/h2-3,5,7-8,13-14,16H,4H2,1H3,(H,11,15,18)/t5-,7-,8-,10-/m1/s1. The normalized spacial score (nSPS) is 35.9. The van der Waals surface area contributed by atoms with Gasteiger partial charge in [0, 0.05) is 6.20 Å². The van der Waals surface area contributed by atoms with E-state index in [1.54, 1.807) is 0 Å². The Balaban J connectivity index is 2.45. The molecule has 2 heterocycles. The molecule has 100 valence electrons. The molecular weight excluding hydrogens is 260 g/mol. The Morgan fingerprint density at radius 1 is 1.67 bits per heavy atom. The smallest absolute Gasteiger partial charge is 0.328 e. The molecule has 1 aromatic heterocycles. The molecule has 1 saturated heterocycles. The van der Waals surface area contributed by atoms with Crippen LogP contribution in [0.4, 0.5) is 0 Å². The molecule has 0 unspecified atom stereocenters. The summed E-state index contributed by atoms with van der Waals surface area (Å²) in [5.74, 6) is 0. The number of rotatable bonds is 2. The molecular formula is C10H14N2O5S. The van der Waals surface area contributed by atoms with Gasteiger partial charge in [0.05, 0.1) is 6.61 Å².